The topological polar surface area (TPSA) is 78.4 Å². The van der Waals surface area contributed by atoms with Gasteiger partial charge in [0, 0.05) is 15.5 Å². The van der Waals surface area contributed by atoms with Crippen LogP contribution in [0, 0.1) is 5.92 Å². The van der Waals surface area contributed by atoms with Gasteiger partial charge < -0.3 is 15.7 Å². The van der Waals surface area contributed by atoms with Crippen LogP contribution in [-0.2, 0) is 4.79 Å². The minimum atomic E-state index is -0.911. The first-order chi connectivity index (χ1) is 9.45. The van der Waals surface area contributed by atoms with E-state index in [9.17, 15) is 9.59 Å². The van der Waals surface area contributed by atoms with Gasteiger partial charge in [0.2, 0.25) is 0 Å². The second-order valence-corrected chi connectivity index (χ2v) is 6.06. The maximum atomic E-state index is 11.9. The number of carbonyl (C=O) groups is 2. The zero-order valence-corrected chi connectivity index (χ0v) is 12.9. The number of nitrogens with one attached hydrogen (secondary N) is 2. The third-order valence-corrected chi connectivity index (χ3v) is 4.01. The molecule has 1 unspecified atom stereocenters. The molecule has 7 heteroatoms. The number of anilines is 1. The Morgan fingerprint density at radius 3 is 2.75 bits per heavy atom. The lowest BCUT2D eigenvalue weighted by Crippen LogP contribution is -2.40. The molecule has 0 saturated heterocycles. The molecule has 5 nitrogen and oxygen atoms in total. The van der Waals surface area contributed by atoms with Crippen molar-refractivity contribution in [1.29, 1.82) is 0 Å². The average molecular weight is 362 g/mol. The summed E-state index contributed by atoms with van der Waals surface area (Å²) in [7, 11) is 0. The van der Waals surface area contributed by atoms with Gasteiger partial charge in [-0.2, -0.15) is 0 Å². The van der Waals surface area contributed by atoms with Crippen LogP contribution in [0.15, 0.2) is 22.7 Å². The van der Waals surface area contributed by atoms with E-state index in [1.165, 1.54) is 0 Å². The minimum absolute atomic E-state index is 0.0607. The Hall–Kier alpha value is -1.27. The lowest BCUT2D eigenvalue weighted by atomic mass is 10.1. The lowest BCUT2D eigenvalue weighted by Gasteiger charge is -2.17. The van der Waals surface area contributed by atoms with Gasteiger partial charge in [0.1, 0.15) is 0 Å². The van der Waals surface area contributed by atoms with Gasteiger partial charge in [-0.3, -0.25) is 4.79 Å². The average Bonchev–Trinajstić information content (AvgIpc) is 3.16. The molecule has 0 heterocycles. The monoisotopic (exact) mass is 360 g/mol. The third-order valence-electron chi connectivity index (χ3n) is 3.08. The van der Waals surface area contributed by atoms with Gasteiger partial charge in [-0.05, 0) is 52.9 Å². The predicted octanol–water partition coefficient (Wildman–Crippen LogP) is 3.48. The lowest BCUT2D eigenvalue weighted by molar-refractivity contribution is -0.137. The van der Waals surface area contributed by atoms with Crippen molar-refractivity contribution < 1.29 is 14.7 Å². The van der Waals surface area contributed by atoms with E-state index in [0.717, 1.165) is 12.8 Å². The maximum Gasteiger partial charge on any atom is 0.319 e. The van der Waals surface area contributed by atoms with Crippen LogP contribution < -0.4 is 10.6 Å². The molecule has 1 aliphatic carbocycles. The predicted molar refractivity (Wildman–Crippen MR) is 80.1 cm³/mol. The molecule has 1 saturated carbocycles. The van der Waals surface area contributed by atoms with Gasteiger partial charge in [0.05, 0.1) is 12.1 Å². The molecule has 0 bridgehead atoms. The van der Waals surface area contributed by atoms with Crippen molar-refractivity contribution in [2.75, 3.05) is 5.32 Å². The van der Waals surface area contributed by atoms with Crippen LogP contribution >= 0.6 is 27.5 Å². The van der Waals surface area contributed by atoms with Crippen LogP contribution in [0.5, 0.6) is 0 Å². The second kappa shape index (κ2) is 6.45. The highest BCUT2D eigenvalue weighted by Crippen LogP contribution is 2.34. The molecule has 2 amide bonds. The smallest absolute Gasteiger partial charge is 0.319 e. The fourth-order valence-electron chi connectivity index (χ4n) is 1.94. The van der Waals surface area contributed by atoms with E-state index in [1.807, 2.05) is 0 Å². The number of carboxylic acid groups (broad SMARTS) is 1. The number of benzene rings is 1. The molecule has 1 fully saturated rings. The largest absolute Gasteiger partial charge is 0.481 e. The first-order valence-electron chi connectivity index (χ1n) is 6.20. The minimum Gasteiger partial charge on any atom is -0.481 e. The van der Waals surface area contributed by atoms with Crippen molar-refractivity contribution in [3.8, 4) is 0 Å². The Morgan fingerprint density at radius 2 is 2.15 bits per heavy atom. The standard InChI is InChI=1S/C13H14BrClN2O3/c14-9-4-3-8(15)5-11(9)17-13(20)16-10(6-12(18)19)7-1-2-7/h3-5,7,10H,1-2,6H2,(H,18,19)(H2,16,17,20). The zero-order valence-electron chi connectivity index (χ0n) is 10.5. The summed E-state index contributed by atoms with van der Waals surface area (Å²) in [5.41, 5.74) is 0.542. The van der Waals surface area contributed by atoms with Crippen molar-refractivity contribution in [2.24, 2.45) is 5.92 Å². The van der Waals surface area contributed by atoms with Gasteiger partial charge in [0.25, 0.3) is 0 Å². The Balaban J connectivity index is 1.96. The highest BCUT2D eigenvalue weighted by Gasteiger charge is 2.33. The number of hydrogen-bond donors (Lipinski definition) is 3. The Kier molecular flexibility index (Phi) is 4.88. The van der Waals surface area contributed by atoms with E-state index in [0.29, 0.717) is 15.2 Å². The van der Waals surface area contributed by atoms with Gasteiger partial charge in [0.15, 0.2) is 0 Å². The fourth-order valence-corrected chi connectivity index (χ4v) is 2.46. The summed E-state index contributed by atoms with van der Waals surface area (Å²) in [6.45, 7) is 0. The van der Waals surface area contributed by atoms with E-state index < -0.39 is 12.0 Å². The number of urea groups is 1. The molecular formula is C13H14BrClN2O3. The summed E-state index contributed by atoms with van der Waals surface area (Å²) in [5, 5.41) is 14.7. The second-order valence-electron chi connectivity index (χ2n) is 4.76. The Morgan fingerprint density at radius 1 is 1.45 bits per heavy atom. The van der Waals surface area contributed by atoms with E-state index in [4.69, 9.17) is 16.7 Å². The molecule has 2 rings (SSSR count). The van der Waals surface area contributed by atoms with Crippen molar-refractivity contribution in [2.45, 2.75) is 25.3 Å². The third kappa shape index (κ3) is 4.38. The van der Waals surface area contributed by atoms with Gasteiger partial charge in [-0.15, -0.1) is 0 Å². The van der Waals surface area contributed by atoms with Crippen LogP contribution in [0.4, 0.5) is 10.5 Å². The Labute approximate surface area is 129 Å². The SMILES string of the molecule is O=C(O)CC(NC(=O)Nc1cc(Cl)ccc1Br)C1CC1. The van der Waals surface area contributed by atoms with Crippen molar-refractivity contribution in [1.82, 2.24) is 5.32 Å². The zero-order chi connectivity index (χ0) is 14.7. The highest BCUT2D eigenvalue weighted by molar-refractivity contribution is 9.10. The molecule has 3 N–H and O–H groups in total. The summed E-state index contributed by atoms with van der Waals surface area (Å²) in [6.07, 6.45) is 1.85. The molecule has 0 aliphatic heterocycles. The number of halogens is 2. The number of carboxylic acids is 1. The van der Waals surface area contributed by atoms with E-state index in [1.54, 1.807) is 18.2 Å². The van der Waals surface area contributed by atoms with Gasteiger partial charge in [-0.25, -0.2) is 4.79 Å². The normalized spacial score (nSPS) is 15.5. The first kappa shape index (κ1) is 15.1. The molecular weight excluding hydrogens is 348 g/mol. The maximum absolute atomic E-state index is 11.9. The molecule has 0 aromatic heterocycles. The number of aliphatic carboxylic acids is 1. The molecule has 0 radical (unpaired) electrons. The summed E-state index contributed by atoms with van der Waals surface area (Å²) in [6, 6.07) is 4.30. The molecule has 1 atom stereocenters. The quantitative estimate of drug-likeness (QED) is 0.751. The molecule has 108 valence electrons. The summed E-state index contributed by atoms with van der Waals surface area (Å²) < 4.78 is 0.707. The Bertz CT molecular complexity index is 534. The van der Waals surface area contributed by atoms with Crippen LogP contribution in [0.3, 0.4) is 0 Å². The number of rotatable bonds is 5. The van der Waals surface area contributed by atoms with E-state index >= 15 is 0 Å². The van der Waals surface area contributed by atoms with E-state index in [-0.39, 0.29) is 18.4 Å². The van der Waals surface area contributed by atoms with Crippen LogP contribution in [-0.4, -0.2) is 23.1 Å². The van der Waals surface area contributed by atoms with Gasteiger partial charge >= 0.3 is 12.0 Å². The first-order valence-corrected chi connectivity index (χ1v) is 7.37. The highest BCUT2D eigenvalue weighted by atomic mass is 79.9. The molecule has 1 aromatic carbocycles. The molecule has 1 aliphatic rings. The molecule has 20 heavy (non-hydrogen) atoms. The van der Waals surface area contributed by atoms with Crippen molar-refractivity contribution in [3.63, 3.8) is 0 Å². The number of amides is 2. The number of carbonyl (C=O) groups excluding carboxylic acids is 1. The molecule has 0 spiro atoms. The van der Waals surface area contributed by atoms with Crippen molar-refractivity contribution >= 4 is 45.2 Å². The van der Waals surface area contributed by atoms with Crippen LogP contribution in [0.2, 0.25) is 5.02 Å². The van der Waals surface area contributed by atoms with E-state index in [2.05, 4.69) is 26.6 Å². The van der Waals surface area contributed by atoms with Crippen LogP contribution in [0.1, 0.15) is 19.3 Å². The van der Waals surface area contributed by atoms with Gasteiger partial charge in [-0.1, -0.05) is 11.6 Å². The fraction of sp³-hybridized carbons (Fsp3) is 0.385. The summed E-state index contributed by atoms with van der Waals surface area (Å²) in [4.78, 5) is 22.7. The van der Waals surface area contributed by atoms with Crippen molar-refractivity contribution in [3.05, 3.63) is 27.7 Å². The number of hydrogen-bond acceptors (Lipinski definition) is 2. The summed E-state index contributed by atoms with van der Waals surface area (Å²) in [5.74, 6) is -0.647. The molecule has 1 aromatic rings. The summed E-state index contributed by atoms with van der Waals surface area (Å²) >= 11 is 9.18. The van der Waals surface area contributed by atoms with Crippen LogP contribution in [0.25, 0.3) is 0 Å².